The second kappa shape index (κ2) is 2.93. The largest absolute Gasteiger partial charge is 0.781 e. The molecule has 0 rings (SSSR count). The van der Waals surface area contributed by atoms with E-state index in [-0.39, 0.29) is 11.6 Å². The van der Waals surface area contributed by atoms with Gasteiger partial charge in [-0.1, -0.05) is 6.08 Å². The van der Waals surface area contributed by atoms with Gasteiger partial charge in [0.25, 0.3) is 0 Å². The highest BCUT2D eigenvalue weighted by Gasteiger charge is 2.14. The summed E-state index contributed by atoms with van der Waals surface area (Å²) in [5.74, 6) is -2.28. The Labute approximate surface area is 53.6 Å². The molecule has 0 aliphatic rings. The van der Waals surface area contributed by atoms with Crippen molar-refractivity contribution in [2.45, 2.75) is 12.8 Å². The van der Waals surface area contributed by atoms with Gasteiger partial charge in [-0.15, -0.1) is 6.58 Å². The summed E-state index contributed by atoms with van der Waals surface area (Å²) in [4.78, 5) is 0. The van der Waals surface area contributed by atoms with Crippen LogP contribution in [0.15, 0.2) is 12.7 Å². The first kappa shape index (κ1) is 8.58. The molecular formula is C5H10NO3-. The van der Waals surface area contributed by atoms with Crippen LogP contribution in [0.5, 0.6) is 0 Å². The molecule has 4 nitrogen and oxygen atoms in total. The molecule has 0 aromatic heterocycles. The number of aliphatic hydroxyl groups is 2. The summed E-state index contributed by atoms with van der Waals surface area (Å²) in [6.07, 6.45) is 1.29. The standard InChI is InChI=1S/C5H10NO3/c1-3-4-6(9)5(2,7)8/h3,7-8H,1,4H2,2H3/q-1. The van der Waals surface area contributed by atoms with Gasteiger partial charge in [0.1, 0.15) is 0 Å². The quantitative estimate of drug-likeness (QED) is 0.312. The predicted molar refractivity (Wildman–Crippen MR) is 33.1 cm³/mol. The van der Waals surface area contributed by atoms with E-state index in [9.17, 15) is 5.21 Å². The van der Waals surface area contributed by atoms with Crippen LogP contribution in [0.4, 0.5) is 0 Å². The van der Waals surface area contributed by atoms with Crippen molar-refractivity contribution in [2.75, 3.05) is 6.54 Å². The van der Waals surface area contributed by atoms with E-state index in [4.69, 9.17) is 10.2 Å². The number of rotatable bonds is 3. The van der Waals surface area contributed by atoms with Crippen LogP contribution in [0.1, 0.15) is 6.92 Å². The molecule has 0 aromatic carbocycles. The highest BCUT2D eigenvalue weighted by molar-refractivity contribution is 4.76. The summed E-state index contributed by atoms with van der Waals surface area (Å²) in [6, 6.07) is 0. The Bertz CT molecular complexity index is 96.9. The minimum absolute atomic E-state index is 0.0938. The molecule has 4 heteroatoms. The molecule has 0 amide bonds. The molecule has 0 spiro atoms. The molecule has 0 unspecified atom stereocenters. The molecule has 54 valence electrons. The summed E-state index contributed by atoms with van der Waals surface area (Å²) in [5, 5.41) is 27.6. The lowest BCUT2D eigenvalue weighted by atomic mass is 10.5. The molecule has 0 radical (unpaired) electrons. The smallest absolute Gasteiger partial charge is 0.210 e. The molecule has 0 saturated heterocycles. The first-order valence-corrected chi connectivity index (χ1v) is 2.49. The van der Waals surface area contributed by atoms with Crippen LogP contribution >= 0.6 is 0 Å². The Kier molecular flexibility index (Phi) is 2.80. The van der Waals surface area contributed by atoms with E-state index in [1.54, 1.807) is 0 Å². The molecule has 0 saturated carbocycles. The zero-order chi connectivity index (χ0) is 7.49. The molecule has 2 N–H and O–H groups in total. The van der Waals surface area contributed by atoms with Gasteiger partial charge in [0, 0.05) is 13.5 Å². The fourth-order valence-electron chi connectivity index (χ4n) is 0.290. The maximum Gasteiger partial charge on any atom is 0.210 e. The van der Waals surface area contributed by atoms with Crippen molar-refractivity contribution in [3.05, 3.63) is 17.9 Å². The highest BCUT2D eigenvalue weighted by atomic mass is 16.6. The third kappa shape index (κ3) is 3.21. The van der Waals surface area contributed by atoms with Gasteiger partial charge in [0.2, 0.25) is 5.91 Å². The van der Waals surface area contributed by atoms with E-state index in [0.29, 0.717) is 0 Å². The second-order valence-corrected chi connectivity index (χ2v) is 1.82. The van der Waals surface area contributed by atoms with Gasteiger partial charge in [0.05, 0.1) is 0 Å². The Hall–Kier alpha value is -0.420. The van der Waals surface area contributed by atoms with E-state index in [2.05, 4.69) is 6.58 Å². The first-order valence-electron chi connectivity index (χ1n) is 2.49. The number of hydroxylamine groups is 2. The van der Waals surface area contributed by atoms with Crippen molar-refractivity contribution < 1.29 is 10.2 Å². The van der Waals surface area contributed by atoms with Gasteiger partial charge in [0.15, 0.2) is 0 Å². The number of nitrogens with zero attached hydrogens (tertiary/aromatic N) is 1. The summed E-state index contributed by atoms with van der Waals surface area (Å²) in [6.45, 7) is 4.15. The van der Waals surface area contributed by atoms with Crippen LogP contribution in [0.3, 0.4) is 0 Å². The molecule has 0 aliphatic carbocycles. The van der Waals surface area contributed by atoms with Gasteiger partial charge >= 0.3 is 0 Å². The number of hydrogen-bond acceptors (Lipinski definition) is 4. The SMILES string of the molecule is C=CCN([O-])C(C)(O)O. The monoisotopic (exact) mass is 132 g/mol. The van der Waals surface area contributed by atoms with E-state index >= 15 is 0 Å². The van der Waals surface area contributed by atoms with Crippen molar-refractivity contribution in [3.8, 4) is 0 Å². The van der Waals surface area contributed by atoms with E-state index in [1.807, 2.05) is 0 Å². The fourth-order valence-corrected chi connectivity index (χ4v) is 0.290. The van der Waals surface area contributed by atoms with E-state index in [1.165, 1.54) is 6.08 Å². The maximum absolute atomic E-state index is 10.4. The van der Waals surface area contributed by atoms with Crippen molar-refractivity contribution in [1.82, 2.24) is 5.06 Å². The van der Waals surface area contributed by atoms with Crippen LogP contribution in [0, 0.1) is 5.21 Å². The van der Waals surface area contributed by atoms with Gasteiger partial charge in [-0.25, -0.2) is 0 Å². The molecule has 0 fully saturated rings. The van der Waals surface area contributed by atoms with Crippen molar-refractivity contribution in [1.29, 1.82) is 0 Å². The normalized spacial score (nSPS) is 12.1. The summed E-state index contributed by atoms with van der Waals surface area (Å²) in [5.41, 5.74) is 0. The zero-order valence-corrected chi connectivity index (χ0v) is 5.24. The van der Waals surface area contributed by atoms with Crippen LogP contribution in [-0.2, 0) is 0 Å². The third-order valence-corrected chi connectivity index (χ3v) is 0.767. The Balaban J connectivity index is 3.72. The molecule has 0 bridgehead atoms. The van der Waals surface area contributed by atoms with Crippen LogP contribution in [0.25, 0.3) is 0 Å². The summed E-state index contributed by atoms with van der Waals surface area (Å²) < 4.78 is 0. The van der Waals surface area contributed by atoms with Crippen LogP contribution in [-0.4, -0.2) is 27.7 Å². The Morgan fingerprint density at radius 3 is 2.33 bits per heavy atom. The average molecular weight is 132 g/mol. The minimum Gasteiger partial charge on any atom is -0.781 e. The topological polar surface area (TPSA) is 66.8 Å². The first-order chi connectivity index (χ1) is 3.98. The summed E-state index contributed by atoms with van der Waals surface area (Å²) >= 11 is 0. The molecular weight excluding hydrogens is 122 g/mol. The third-order valence-electron chi connectivity index (χ3n) is 0.767. The van der Waals surface area contributed by atoms with Crippen LogP contribution < -0.4 is 0 Å². The van der Waals surface area contributed by atoms with Crippen LogP contribution in [0.2, 0.25) is 0 Å². The molecule has 9 heavy (non-hydrogen) atoms. The molecule has 0 heterocycles. The van der Waals surface area contributed by atoms with Crippen molar-refractivity contribution in [3.63, 3.8) is 0 Å². The zero-order valence-electron chi connectivity index (χ0n) is 5.24. The van der Waals surface area contributed by atoms with Gasteiger partial charge in [-0.3, -0.25) is 0 Å². The molecule has 0 atom stereocenters. The second-order valence-electron chi connectivity index (χ2n) is 1.82. The van der Waals surface area contributed by atoms with Gasteiger partial charge < -0.3 is 20.5 Å². The van der Waals surface area contributed by atoms with Crippen molar-refractivity contribution in [2.24, 2.45) is 0 Å². The minimum atomic E-state index is -2.28. The lowest BCUT2D eigenvalue weighted by molar-refractivity contribution is -0.230. The Morgan fingerprint density at radius 2 is 2.22 bits per heavy atom. The van der Waals surface area contributed by atoms with Gasteiger partial charge in [-0.05, 0) is 0 Å². The molecule has 0 aromatic rings. The predicted octanol–water partition coefficient (Wildman–Crippen LogP) is -0.369. The van der Waals surface area contributed by atoms with E-state index < -0.39 is 5.91 Å². The number of hydrogen-bond donors (Lipinski definition) is 2. The lowest BCUT2D eigenvalue weighted by Crippen LogP contribution is -2.42. The average Bonchev–Trinajstić information content (AvgIpc) is 1.64. The highest BCUT2D eigenvalue weighted by Crippen LogP contribution is 2.02. The van der Waals surface area contributed by atoms with Gasteiger partial charge in [-0.2, -0.15) is 0 Å². The lowest BCUT2D eigenvalue weighted by Gasteiger charge is -2.36. The summed E-state index contributed by atoms with van der Waals surface area (Å²) in [7, 11) is 0. The molecule has 0 aliphatic heterocycles. The van der Waals surface area contributed by atoms with Crippen molar-refractivity contribution >= 4 is 0 Å². The Morgan fingerprint density at radius 1 is 1.78 bits per heavy atom. The van der Waals surface area contributed by atoms with E-state index in [0.717, 1.165) is 6.92 Å². The fraction of sp³-hybridized carbons (Fsp3) is 0.600. The maximum atomic E-state index is 10.4.